The second-order valence-corrected chi connectivity index (χ2v) is 8.12. The minimum absolute atomic E-state index is 0.207. The maximum Gasteiger partial charge on any atom is 0.490 e. The number of hydrogen-bond acceptors (Lipinski definition) is 5. The van der Waals surface area contributed by atoms with Crippen LogP contribution in [0.3, 0.4) is 0 Å². The van der Waals surface area contributed by atoms with Gasteiger partial charge < -0.3 is 24.4 Å². The molecule has 1 aromatic carbocycles. The molecule has 0 aromatic heterocycles. The van der Waals surface area contributed by atoms with Gasteiger partial charge >= 0.3 is 12.1 Å². The first-order chi connectivity index (χ1) is 15.1. The molecule has 2 saturated heterocycles. The molecule has 1 amide bonds. The smallest absolute Gasteiger partial charge is 0.490 e. The van der Waals surface area contributed by atoms with Crippen molar-refractivity contribution in [3.05, 3.63) is 30.3 Å². The van der Waals surface area contributed by atoms with Crippen LogP contribution in [0.25, 0.3) is 0 Å². The van der Waals surface area contributed by atoms with Gasteiger partial charge in [-0.2, -0.15) is 13.2 Å². The van der Waals surface area contributed by atoms with Crippen molar-refractivity contribution in [1.82, 2.24) is 9.80 Å². The van der Waals surface area contributed by atoms with Crippen molar-refractivity contribution >= 4 is 11.9 Å². The molecule has 0 saturated carbocycles. The number of benzene rings is 1. The number of methoxy groups -OCH3 is 1. The van der Waals surface area contributed by atoms with Gasteiger partial charge in [-0.15, -0.1) is 0 Å². The number of carbonyl (C=O) groups excluding carboxylic acids is 1. The molecule has 180 valence electrons. The number of ether oxygens (including phenoxy) is 2. The predicted molar refractivity (Wildman–Crippen MR) is 111 cm³/mol. The quantitative estimate of drug-likeness (QED) is 0.674. The molecule has 32 heavy (non-hydrogen) atoms. The summed E-state index contributed by atoms with van der Waals surface area (Å²) in [5.74, 6) is -1.20. The summed E-state index contributed by atoms with van der Waals surface area (Å²) in [5.41, 5.74) is 0.210. The van der Waals surface area contributed by atoms with Gasteiger partial charge in [0, 0.05) is 44.6 Å². The minimum atomic E-state index is -5.08. The maximum absolute atomic E-state index is 12.6. The summed E-state index contributed by atoms with van der Waals surface area (Å²) in [7, 11) is 1.78. The number of aliphatic carboxylic acids is 1. The van der Waals surface area contributed by atoms with Crippen molar-refractivity contribution in [2.45, 2.75) is 25.9 Å². The van der Waals surface area contributed by atoms with Gasteiger partial charge in [-0.25, -0.2) is 4.79 Å². The molecule has 0 unspecified atom stereocenters. The van der Waals surface area contributed by atoms with Gasteiger partial charge in [0.15, 0.2) is 0 Å². The van der Waals surface area contributed by atoms with E-state index in [2.05, 4.69) is 11.8 Å². The van der Waals surface area contributed by atoms with Crippen molar-refractivity contribution < 1.29 is 37.3 Å². The third-order valence-corrected chi connectivity index (χ3v) is 6.01. The first-order valence-corrected chi connectivity index (χ1v) is 10.6. The predicted octanol–water partition coefficient (Wildman–Crippen LogP) is 2.91. The van der Waals surface area contributed by atoms with Crippen LogP contribution in [0.5, 0.6) is 5.75 Å². The lowest BCUT2D eigenvalue weighted by Gasteiger charge is -2.30. The lowest BCUT2D eigenvalue weighted by atomic mass is 9.77. The van der Waals surface area contributed by atoms with Crippen LogP contribution >= 0.6 is 0 Å². The van der Waals surface area contributed by atoms with Gasteiger partial charge in [0.25, 0.3) is 0 Å². The monoisotopic (exact) mass is 460 g/mol. The third-order valence-electron chi connectivity index (χ3n) is 6.01. The van der Waals surface area contributed by atoms with E-state index in [9.17, 15) is 18.0 Å². The van der Waals surface area contributed by atoms with Crippen LogP contribution in [0, 0.1) is 11.3 Å². The SMILES string of the molecule is CCN1C[C@@H](COC)[C@]2(CCN(C(=O)CCOc3ccccc3)C2)C1.O=C(O)C(F)(F)F. The number of carboxylic acids is 1. The molecule has 0 radical (unpaired) electrons. The van der Waals surface area contributed by atoms with E-state index >= 15 is 0 Å². The van der Waals surface area contributed by atoms with E-state index in [1.165, 1.54) is 0 Å². The van der Waals surface area contributed by atoms with E-state index in [0.717, 1.165) is 51.5 Å². The summed E-state index contributed by atoms with van der Waals surface area (Å²) in [5, 5.41) is 7.12. The van der Waals surface area contributed by atoms with Crippen molar-refractivity contribution in [2.24, 2.45) is 11.3 Å². The molecule has 2 aliphatic heterocycles. The van der Waals surface area contributed by atoms with Crippen LogP contribution in [-0.2, 0) is 14.3 Å². The zero-order valence-corrected chi connectivity index (χ0v) is 18.4. The topological polar surface area (TPSA) is 79.3 Å². The molecular formula is C22H31F3N2O5. The van der Waals surface area contributed by atoms with Gasteiger partial charge in [-0.3, -0.25) is 4.79 Å². The lowest BCUT2D eigenvalue weighted by Crippen LogP contribution is -2.38. The highest BCUT2D eigenvalue weighted by molar-refractivity contribution is 5.76. The van der Waals surface area contributed by atoms with E-state index in [1.807, 2.05) is 35.2 Å². The Hall–Kier alpha value is -2.33. The van der Waals surface area contributed by atoms with Crippen LogP contribution in [-0.4, -0.2) is 86.0 Å². The number of halogens is 3. The Kier molecular flexibility index (Phi) is 9.33. The van der Waals surface area contributed by atoms with Crippen LogP contribution < -0.4 is 4.74 Å². The minimum Gasteiger partial charge on any atom is -0.493 e. The number of carboxylic acid groups (broad SMARTS) is 1. The summed E-state index contributed by atoms with van der Waals surface area (Å²) in [6.45, 7) is 8.40. The number of amides is 1. The molecule has 0 aliphatic carbocycles. The van der Waals surface area contributed by atoms with Gasteiger partial charge in [-0.1, -0.05) is 25.1 Å². The summed E-state index contributed by atoms with van der Waals surface area (Å²) < 4.78 is 42.9. The Balaban J connectivity index is 0.000000451. The molecule has 3 rings (SSSR count). The highest BCUT2D eigenvalue weighted by Crippen LogP contribution is 2.44. The average molecular weight is 460 g/mol. The maximum atomic E-state index is 12.6. The molecule has 2 heterocycles. The van der Waals surface area contributed by atoms with E-state index in [1.54, 1.807) is 7.11 Å². The van der Waals surface area contributed by atoms with Crippen LogP contribution in [0.2, 0.25) is 0 Å². The zero-order valence-electron chi connectivity index (χ0n) is 18.4. The van der Waals surface area contributed by atoms with Gasteiger partial charge in [0.2, 0.25) is 5.91 Å². The lowest BCUT2D eigenvalue weighted by molar-refractivity contribution is -0.192. The number of carbonyl (C=O) groups is 2. The summed E-state index contributed by atoms with van der Waals surface area (Å²) in [4.78, 5) is 26.0. The fraction of sp³-hybridized carbons (Fsp3) is 0.636. The second-order valence-electron chi connectivity index (χ2n) is 8.12. The Labute approximate surface area is 186 Å². The van der Waals surface area contributed by atoms with Gasteiger partial charge in [-0.05, 0) is 25.1 Å². The molecule has 7 nitrogen and oxygen atoms in total. The number of para-hydroxylation sites is 1. The molecular weight excluding hydrogens is 429 g/mol. The average Bonchev–Trinajstić information content (AvgIpc) is 3.33. The molecule has 1 aromatic rings. The van der Waals surface area contributed by atoms with Crippen molar-refractivity contribution in [3.63, 3.8) is 0 Å². The first kappa shape index (κ1) is 25.9. The van der Waals surface area contributed by atoms with E-state index in [4.69, 9.17) is 19.4 Å². The molecule has 10 heteroatoms. The Morgan fingerprint density at radius 1 is 1.22 bits per heavy atom. The molecule has 1 N–H and O–H groups in total. The first-order valence-electron chi connectivity index (χ1n) is 10.6. The number of rotatable bonds is 7. The Bertz CT molecular complexity index is 747. The normalized spacial score (nSPS) is 23.2. The standard InChI is InChI=1S/C20H30N2O3.C2HF3O2/c1-3-21-13-17(14-24-2)20(15-21)10-11-22(16-20)19(23)9-12-25-18-7-5-4-6-8-18;3-2(4,5)1(6)7/h4-8,17H,3,9-16H2,1-2H3;(H,6,7)/t17-,20+;/m0./s1. The van der Waals surface area contributed by atoms with E-state index in [-0.39, 0.29) is 11.3 Å². The van der Waals surface area contributed by atoms with E-state index < -0.39 is 12.1 Å². The van der Waals surface area contributed by atoms with Gasteiger partial charge in [0.05, 0.1) is 19.6 Å². The summed E-state index contributed by atoms with van der Waals surface area (Å²) >= 11 is 0. The van der Waals surface area contributed by atoms with Crippen molar-refractivity contribution in [3.8, 4) is 5.75 Å². The van der Waals surface area contributed by atoms with E-state index in [0.29, 0.717) is 18.9 Å². The zero-order chi connectivity index (χ0) is 23.8. The highest BCUT2D eigenvalue weighted by atomic mass is 19.4. The van der Waals surface area contributed by atoms with Crippen LogP contribution in [0.15, 0.2) is 30.3 Å². The summed E-state index contributed by atoms with van der Waals surface area (Å²) in [6, 6.07) is 9.68. The second kappa shape index (κ2) is 11.5. The van der Waals surface area contributed by atoms with Gasteiger partial charge in [0.1, 0.15) is 5.75 Å². The molecule has 2 fully saturated rings. The summed E-state index contributed by atoms with van der Waals surface area (Å²) in [6.07, 6.45) is -3.56. The molecule has 0 bridgehead atoms. The number of nitrogens with zero attached hydrogens (tertiary/aromatic N) is 2. The number of hydrogen-bond donors (Lipinski definition) is 1. The Morgan fingerprint density at radius 2 is 1.88 bits per heavy atom. The molecule has 2 atom stereocenters. The number of likely N-dealkylation sites (tertiary alicyclic amines) is 2. The fourth-order valence-corrected chi connectivity index (χ4v) is 4.32. The third kappa shape index (κ3) is 7.09. The fourth-order valence-electron chi connectivity index (χ4n) is 4.32. The van der Waals surface area contributed by atoms with Crippen LogP contribution in [0.4, 0.5) is 13.2 Å². The van der Waals surface area contributed by atoms with Crippen molar-refractivity contribution in [2.75, 3.05) is 53.0 Å². The Morgan fingerprint density at radius 3 is 2.44 bits per heavy atom. The highest BCUT2D eigenvalue weighted by Gasteiger charge is 2.50. The number of alkyl halides is 3. The van der Waals surface area contributed by atoms with Crippen molar-refractivity contribution in [1.29, 1.82) is 0 Å². The largest absolute Gasteiger partial charge is 0.493 e. The molecule has 2 aliphatic rings. The molecule has 1 spiro atoms. The van der Waals surface area contributed by atoms with Crippen LogP contribution in [0.1, 0.15) is 19.8 Å².